The van der Waals surface area contributed by atoms with E-state index >= 15 is 0 Å². The van der Waals surface area contributed by atoms with Crippen LogP contribution in [0.15, 0.2) is 9.31 Å². The second-order valence-corrected chi connectivity index (χ2v) is 7.52. The number of aryl methyl sites for hydroxylation is 2. The maximum Gasteiger partial charge on any atom is 0.246 e. The van der Waals surface area contributed by atoms with Crippen molar-refractivity contribution in [3.63, 3.8) is 0 Å². The fourth-order valence-electron chi connectivity index (χ4n) is 2.31. The molecule has 6 nitrogen and oxygen atoms in total. The van der Waals surface area contributed by atoms with Crippen LogP contribution in [0.2, 0.25) is 0 Å². The summed E-state index contributed by atoms with van der Waals surface area (Å²) in [7, 11) is 3.84. The molecule has 0 bridgehead atoms. The van der Waals surface area contributed by atoms with Crippen molar-refractivity contribution in [3.8, 4) is 0 Å². The zero-order valence-electron chi connectivity index (χ0n) is 13.9. The van der Waals surface area contributed by atoms with E-state index in [9.17, 15) is 8.42 Å². The molecule has 0 aliphatic heterocycles. The van der Waals surface area contributed by atoms with Crippen molar-refractivity contribution in [2.45, 2.75) is 31.7 Å². The van der Waals surface area contributed by atoms with Crippen LogP contribution in [0.4, 0.5) is 0 Å². The smallest absolute Gasteiger partial charge is 0.246 e. The Kier molecular flexibility index (Phi) is 6.40. The molecule has 1 aromatic rings. The highest BCUT2D eigenvalue weighted by atomic mass is 32.2. The van der Waals surface area contributed by atoms with Crippen LogP contribution in [0.1, 0.15) is 23.5 Å². The summed E-state index contributed by atoms with van der Waals surface area (Å²) in [6.45, 7) is 5.32. The van der Waals surface area contributed by atoms with Crippen molar-refractivity contribution >= 4 is 10.0 Å². The lowest BCUT2D eigenvalue weighted by atomic mass is 10.2. The molecule has 1 rings (SSSR count). The van der Waals surface area contributed by atoms with Gasteiger partial charge in [-0.25, -0.2) is 12.7 Å². The second kappa shape index (κ2) is 7.40. The average molecular weight is 317 g/mol. The van der Waals surface area contributed by atoms with Gasteiger partial charge in [-0.3, -0.25) is 0 Å². The van der Waals surface area contributed by atoms with E-state index in [2.05, 4.69) is 5.32 Å². The normalized spacial score (nSPS) is 12.6. The Labute approximate surface area is 128 Å². The molecular weight excluding hydrogens is 290 g/mol. The first kappa shape index (κ1) is 18.2. The van der Waals surface area contributed by atoms with Crippen LogP contribution in [-0.4, -0.2) is 58.9 Å². The van der Waals surface area contributed by atoms with Crippen molar-refractivity contribution in [1.29, 1.82) is 0 Å². The predicted octanol–water partition coefficient (Wildman–Crippen LogP) is 1.19. The van der Waals surface area contributed by atoms with Crippen molar-refractivity contribution in [3.05, 3.63) is 17.1 Å². The Balaban J connectivity index is 3.02. The molecule has 0 spiro atoms. The van der Waals surface area contributed by atoms with Gasteiger partial charge in [0.1, 0.15) is 16.4 Å². The van der Waals surface area contributed by atoms with E-state index in [1.54, 1.807) is 27.9 Å². The topological polar surface area (TPSA) is 65.8 Å². The van der Waals surface area contributed by atoms with Gasteiger partial charge in [0.05, 0.1) is 0 Å². The monoisotopic (exact) mass is 317 g/mol. The van der Waals surface area contributed by atoms with E-state index in [1.165, 1.54) is 4.31 Å². The molecule has 0 aliphatic carbocycles. The molecule has 0 unspecified atom stereocenters. The van der Waals surface area contributed by atoms with Gasteiger partial charge in [0.25, 0.3) is 0 Å². The van der Waals surface area contributed by atoms with E-state index in [0.717, 1.165) is 18.5 Å². The molecular formula is C14H27N3O3S. The Hall–Kier alpha value is -0.890. The molecule has 1 aromatic heterocycles. The van der Waals surface area contributed by atoms with Gasteiger partial charge in [-0.05, 0) is 48.0 Å². The summed E-state index contributed by atoms with van der Waals surface area (Å²) in [4.78, 5) is 2.35. The van der Waals surface area contributed by atoms with E-state index in [-0.39, 0.29) is 0 Å². The third-order valence-corrected chi connectivity index (χ3v) is 5.48. The molecule has 0 aromatic carbocycles. The minimum atomic E-state index is -3.52. The average Bonchev–Trinajstić information content (AvgIpc) is 2.64. The molecule has 7 heteroatoms. The highest BCUT2D eigenvalue weighted by Crippen LogP contribution is 2.28. The number of nitrogens with one attached hydrogen (secondary N) is 1. The quantitative estimate of drug-likeness (QED) is 0.780. The minimum absolute atomic E-state index is 0.307. The van der Waals surface area contributed by atoms with Gasteiger partial charge in [0, 0.05) is 25.7 Å². The van der Waals surface area contributed by atoms with E-state index in [4.69, 9.17) is 4.42 Å². The van der Waals surface area contributed by atoms with Crippen molar-refractivity contribution in [2.75, 3.05) is 41.3 Å². The molecule has 0 amide bonds. The van der Waals surface area contributed by atoms with Crippen LogP contribution in [0.25, 0.3) is 0 Å². The highest BCUT2D eigenvalue weighted by molar-refractivity contribution is 7.89. The van der Waals surface area contributed by atoms with Gasteiger partial charge in [0.15, 0.2) is 0 Å². The molecule has 21 heavy (non-hydrogen) atoms. The zero-order valence-corrected chi connectivity index (χ0v) is 14.7. The summed E-state index contributed by atoms with van der Waals surface area (Å²) in [5.74, 6) is 1.11. The lowest BCUT2D eigenvalue weighted by Gasteiger charge is -2.19. The first-order valence-corrected chi connectivity index (χ1v) is 8.50. The molecule has 1 heterocycles. The molecule has 0 atom stereocenters. The van der Waals surface area contributed by atoms with Crippen LogP contribution >= 0.6 is 0 Å². The largest absolute Gasteiger partial charge is 0.465 e. The first-order chi connectivity index (χ1) is 9.71. The number of nitrogens with zero attached hydrogens (tertiary/aromatic N) is 2. The van der Waals surface area contributed by atoms with E-state index in [1.807, 2.05) is 19.0 Å². The summed E-state index contributed by atoms with van der Waals surface area (Å²) < 4.78 is 32.5. The zero-order chi connectivity index (χ0) is 16.2. The Morgan fingerprint density at radius 2 is 1.71 bits per heavy atom. The van der Waals surface area contributed by atoms with Gasteiger partial charge in [0.2, 0.25) is 10.0 Å². The maximum atomic E-state index is 12.8. The lowest BCUT2D eigenvalue weighted by molar-refractivity contribution is 0.370. The molecule has 0 radical (unpaired) electrons. The number of furan rings is 1. The molecule has 0 saturated heterocycles. The van der Waals surface area contributed by atoms with Crippen LogP contribution < -0.4 is 5.32 Å². The second-order valence-electron chi connectivity index (χ2n) is 5.54. The Morgan fingerprint density at radius 3 is 2.24 bits per heavy atom. The fourth-order valence-corrected chi connectivity index (χ4v) is 3.93. The van der Waals surface area contributed by atoms with Crippen molar-refractivity contribution < 1.29 is 12.8 Å². The molecule has 0 saturated carbocycles. The highest BCUT2D eigenvalue weighted by Gasteiger charge is 2.29. The van der Waals surface area contributed by atoms with Gasteiger partial charge in [-0.15, -0.1) is 0 Å². The van der Waals surface area contributed by atoms with E-state index in [0.29, 0.717) is 29.5 Å². The molecule has 0 aliphatic rings. The van der Waals surface area contributed by atoms with Gasteiger partial charge in [-0.1, -0.05) is 0 Å². The summed E-state index contributed by atoms with van der Waals surface area (Å²) in [5, 5.41) is 3.00. The van der Waals surface area contributed by atoms with Gasteiger partial charge >= 0.3 is 0 Å². The van der Waals surface area contributed by atoms with Crippen LogP contribution in [0.5, 0.6) is 0 Å². The Morgan fingerprint density at radius 1 is 1.10 bits per heavy atom. The summed E-state index contributed by atoms with van der Waals surface area (Å²) in [6, 6.07) is 0. The van der Waals surface area contributed by atoms with Gasteiger partial charge < -0.3 is 14.6 Å². The molecule has 1 N–H and O–H groups in total. The van der Waals surface area contributed by atoms with Gasteiger partial charge in [-0.2, -0.15) is 0 Å². The third kappa shape index (κ3) is 4.29. The summed E-state index contributed by atoms with van der Waals surface area (Å²) >= 11 is 0. The summed E-state index contributed by atoms with van der Waals surface area (Å²) in [5.41, 5.74) is 0.717. The van der Waals surface area contributed by atoms with Crippen LogP contribution in [0, 0.1) is 13.8 Å². The maximum absolute atomic E-state index is 12.8. The first-order valence-electron chi connectivity index (χ1n) is 7.06. The molecule has 122 valence electrons. The number of hydrogen-bond donors (Lipinski definition) is 1. The van der Waals surface area contributed by atoms with Crippen LogP contribution in [-0.2, 0) is 16.6 Å². The minimum Gasteiger partial charge on any atom is -0.465 e. The summed E-state index contributed by atoms with van der Waals surface area (Å²) in [6.07, 6.45) is 0.792. The molecule has 0 fully saturated rings. The number of hydrogen-bond acceptors (Lipinski definition) is 5. The third-order valence-electron chi connectivity index (χ3n) is 3.43. The van der Waals surface area contributed by atoms with Crippen molar-refractivity contribution in [1.82, 2.24) is 14.5 Å². The standard InChI is InChI=1S/C14H27N3O3S/c1-11-13(10-15-3)14(12(2)20-11)21(18,19)17(6)9-7-8-16(4)5/h15H,7-10H2,1-6H3. The lowest BCUT2D eigenvalue weighted by Crippen LogP contribution is -2.31. The van der Waals surface area contributed by atoms with E-state index < -0.39 is 10.0 Å². The van der Waals surface area contributed by atoms with Crippen molar-refractivity contribution in [2.24, 2.45) is 0 Å². The number of rotatable bonds is 8. The number of sulfonamides is 1. The fraction of sp³-hybridized carbons (Fsp3) is 0.714. The predicted molar refractivity (Wildman–Crippen MR) is 83.9 cm³/mol. The van der Waals surface area contributed by atoms with Crippen LogP contribution in [0.3, 0.4) is 0 Å². The SMILES string of the molecule is CNCc1c(C)oc(C)c1S(=O)(=O)N(C)CCCN(C)C. The Bertz CT molecular complexity index is 564.